The van der Waals surface area contributed by atoms with Crippen LogP contribution in [0.5, 0.6) is 5.75 Å². The fourth-order valence-corrected chi connectivity index (χ4v) is 6.98. The molecule has 2 atom stereocenters. The SMILES string of the molecule is CCC(C)CC(CC(=C1C=CC(F)=CC1)c1ccc(OCCCCCCCCCCO[Si](C)(C)C(C)(C)C)cc1)c1ccccc1. The van der Waals surface area contributed by atoms with E-state index in [1.807, 2.05) is 6.08 Å². The van der Waals surface area contributed by atoms with Gasteiger partial charge in [-0.3, -0.25) is 0 Å². The highest BCUT2D eigenvalue weighted by Gasteiger charge is 2.36. The average molecular weight is 647 g/mol. The van der Waals surface area contributed by atoms with Gasteiger partial charge in [0.2, 0.25) is 0 Å². The molecule has 0 saturated carbocycles. The van der Waals surface area contributed by atoms with Crippen molar-refractivity contribution in [2.45, 2.75) is 136 Å². The molecule has 0 bridgehead atoms. The van der Waals surface area contributed by atoms with Crippen LogP contribution >= 0.6 is 0 Å². The normalized spacial score (nSPS) is 16.2. The molecule has 2 nitrogen and oxygen atoms in total. The molecular formula is C42H63FO2Si. The molecular weight excluding hydrogens is 584 g/mol. The maximum absolute atomic E-state index is 13.9. The molecule has 0 spiro atoms. The van der Waals surface area contributed by atoms with Gasteiger partial charge in [0, 0.05) is 6.61 Å². The van der Waals surface area contributed by atoms with E-state index in [0.29, 0.717) is 23.3 Å². The second-order valence-electron chi connectivity index (χ2n) is 15.0. The zero-order valence-electron chi connectivity index (χ0n) is 30.2. The lowest BCUT2D eigenvalue weighted by atomic mass is 9.80. The van der Waals surface area contributed by atoms with Gasteiger partial charge in [-0.15, -0.1) is 0 Å². The molecule has 254 valence electrons. The first-order chi connectivity index (χ1) is 22.0. The Balaban J connectivity index is 1.45. The van der Waals surface area contributed by atoms with Crippen molar-refractivity contribution < 1.29 is 13.6 Å². The van der Waals surface area contributed by atoms with Gasteiger partial charge in [-0.25, -0.2) is 4.39 Å². The molecule has 0 N–H and O–H groups in total. The summed E-state index contributed by atoms with van der Waals surface area (Å²) in [6.45, 7) is 17.9. The number of unbranched alkanes of at least 4 members (excludes halogenated alkanes) is 7. The van der Waals surface area contributed by atoms with Crippen LogP contribution in [0.4, 0.5) is 4.39 Å². The minimum Gasteiger partial charge on any atom is -0.494 e. The third kappa shape index (κ3) is 13.0. The van der Waals surface area contributed by atoms with Gasteiger partial charge in [-0.2, -0.15) is 0 Å². The largest absolute Gasteiger partial charge is 0.494 e. The van der Waals surface area contributed by atoms with Crippen molar-refractivity contribution in [2.24, 2.45) is 5.92 Å². The zero-order chi connectivity index (χ0) is 33.4. The van der Waals surface area contributed by atoms with E-state index in [0.717, 1.165) is 38.2 Å². The van der Waals surface area contributed by atoms with Crippen LogP contribution in [0.3, 0.4) is 0 Å². The molecule has 2 aromatic carbocycles. The van der Waals surface area contributed by atoms with Gasteiger partial charge in [-0.05, 0) is 109 Å². The van der Waals surface area contributed by atoms with Crippen molar-refractivity contribution in [3.05, 3.63) is 95.4 Å². The van der Waals surface area contributed by atoms with Gasteiger partial charge >= 0.3 is 0 Å². The van der Waals surface area contributed by atoms with Crippen molar-refractivity contribution >= 4 is 13.9 Å². The van der Waals surface area contributed by atoms with Crippen LogP contribution in [-0.4, -0.2) is 21.5 Å². The molecule has 2 unspecified atom stereocenters. The predicted molar refractivity (Wildman–Crippen MR) is 200 cm³/mol. The van der Waals surface area contributed by atoms with Crippen LogP contribution < -0.4 is 4.74 Å². The van der Waals surface area contributed by atoms with Crippen molar-refractivity contribution in [1.29, 1.82) is 0 Å². The Kier molecular flexibility index (Phi) is 16.0. The minimum absolute atomic E-state index is 0.145. The number of halogens is 1. The molecule has 46 heavy (non-hydrogen) atoms. The van der Waals surface area contributed by atoms with Crippen LogP contribution in [-0.2, 0) is 4.43 Å². The molecule has 0 aliphatic heterocycles. The molecule has 4 heteroatoms. The van der Waals surface area contributed by atoms with E-state index >= 15 is 0 Å². The number of rotatable bonds is 20. The Morgan fingerprint density at radius 3 is 2.00 bits per heavy atom. The average Bonchev–Trinajstić information content (AvgIpc) is 3.04. The Morgan fingerprint density at radius 2 is 1.43 bits per heavy atom. The summed E-state index contributed by atoms with van der Waals surface area (Å²) in [5, 5.41) is 0.300. The summed E-state index contributed by atoms with van der Waals surface area (Å²) in [4.78, 5) is 0. The maximum Gasteiger partial charge on any atom is 0.191 e. The molecule has 0 heterocycles. The highest BCUT2D eigenvalue weighted by Crippen LogP contribution is 2.39. The molecule has 3 rings (SSSR count). The molecule has 1 aliphatic rings. The highest BCUT2D eigenvalue weighted by atomic mass is 28.4. The fourth-order valence-electron chi connectivity index (χ4n) is 5.89. The number of hydrogen-bond donors (Lipinski definition) is 0. The number of ether oxygens (including phenoxy) is 1. The number of benzene rings is 2. The van der Waals surface area contributed by atoms with E-state index in [1.54, 1.807) is 12.2 Å². The van der Waals surface area contributed by atoms with Gasteiger partial charge in [-0.1, -0.05) is 128 Å². The summed E-state index contributed by atoms with van der Waals surface area (Å²) in [5.41, 5.74) is 5.11. The first-order valence-electron chi connectivity index (χ1n) is 18.2. The van der Waals surface area contributed by atoms with Crippen molar-refractivity contribution in [2.75, 3.05) is 13.2 Å². The first-order valence-corrected chi connectivity index (χ1v) is 21.1. The van der Waals surface area contributed by atoms with Crippen LogP contribution in [0, 0.1) is 5.92 Å². The standard InChI is InChI=1S/C42H63FO2Si/c1-8-34(2)32-38(35-20-16-15-17-21-35)33-41(36-22-26-39(43)27-23-36)37-24-28-40(29-25-37)44-30-18-13-11-9-10-12-14-19-31-45-46(6,7)42(3,4)5/h15-17,20-22,24-29,34,38H,8-14,18-19,23,30-33H2,1-7H3. The summed E-state index contributed by atoms with van der Waals surface area (Å²) >= 11 is 0. The lowest BCUT2D eigenvalue weighted by Crippen LogP contribution is -2.40. The second kappa shape index (κ2) is 19.4. The lowest BCUT2D eigenvalue weighted by molar-refractivity contribution is 0.277. The monoisotopic (exact) mass is 646 g/mol. The van der Waals surface area contributed by atoms with Crippen LogP contribution in [0.25, 0.3) is 5.57 Å². The minimum atomic E-state index is -1.60. The molecule has 0 saturated heterocycles. The quantitative estimate of drug-likeness (QED) is 0.105. The molecule has 2 aromatic rings. The lowest BCUT2D eigenvalue weighted by Gasteiger charge is -2.36. The van der Waals surface area contributed by atoms with E-state index in [2.05, 4.69) is 102 Å². The van der Waals surface area contributed by atoms with Crippen LogP contribution in [0.15, 0.2) is 84.2 Å². The third-order valence-electron chi connectivity index (χ3n) is 10.2. The number of allylic oxidation sites excluding steroid dienone is 6. The Morgan fingerprint density at radius 1 is 0.826 bits per heavy atom. The molecule has 0 amide bonds. The molecule has 0 fully saturated rings. The van der Waals surface area contributed by atoms with Crippen LogP contribution in [0.1, 0.15) is 129 Å². The second-order valence-corrected chi connectivity index (χ2v) is 19.8. The number of hydrogen-bond acceptors (Lipinski definition) is 2. The Bertz CT molecular complexity index is 1240. The first kappa shape index (κ1) is 38.0. The summed E-state index contributed by atoms with van der Waals surface area (Å²) in [5.74, 6) is 1.84. The Hall–Kier alpha value is -2.43. The van der Waals surface area contributed by atoms with E-state index in [4.69, 9.17) is 9.16 Å². The van der Waals surface area contributed by atoms with Crippen molar-refractivity contribution in [1.82, 2.24) is 0 Å². The third-order valence-corrected chi connectivity index (χ3v) is 14.8. The smallest absolute Gasteiger partial charge is 0.191 e. The zero-order valence-corrected chi connectivity index (χ0v) is 31.2. The molecule has 0 aromatic heterocycles. The van der Waals surface area contributed by atoms with Gasteiger partial charge in [0.25, 0.3) is 0 Å². The summed E-state index contributed by atoms with van der Waals surface area (Å²) in [7, 11) is -1.60. The predicted octanol–water partition coefficient (Wildman–Crippen LogP) is 13.4. The summed E-state index contributed by atoms with van der Waals surface area (Å²) in [6.07, 6.45) is 19.2. The van der Waals surface area contributed by atoms with Crippen molar-refractivity contribution in [3.8, 4) is 5.75 Å². The van der Waals surface area contributed by atoms with Crippen molar-refractivity contribution in [3.63, 3.8) is 0 Å². The van der Waals surface area contributed by atoms with Gasteiger partial charge in [0.15, 0.2) is 8.32 Å². The van der Waals surface area contributed by atoms with Gasteiger partial charge in [0.05, 0.1) is 6.61 Å². The Labute approximate surface area is 282 Å². The topological polar surface area (TPSA) is 18.5 Å². The maximum atomic E-state index is 13.9. The highest BCUT2D eigenvalue weighted by molar-refractivity contribution is 6.74. The van der Waals surface area contributed by atoms with Crippen LogP contribution in [0.2, 0.25) is 18.1 Å². The fraction of sp³-hybridized carbons (Fsp3) is 0.571. The summed E-state index contributed by atoms with van der Waals surface area (Å²) < 4.78 is 26.4. The summed E-state index contributed by atoms with van der Waals surface area (Å²) in [6, 6.07) is 19.5. The van der Waals surface area contributed by atoms with Gasteiger partial charge < -0.3 is 9.16 Å². The molecule has 0 radical (unpaired) electrons. The van der Waals surface area contributed by atoms with E-state index in [1.165, 1.54) is 73.6 Å². The van der Waals surface area contributed by atoms with Gasteiger partial charge in [0.1, 0.15) is 11.6 Å². The van der Waals surface area contributed by atoms with E-state index in [9.17, 15) is 4.39 Å². The molecule has 1 aliphatic carbocycles. The van der Waals surface area contributed by atoms with E-state index < -0.39 is 8.32 Å². The van der Waals surface area contributed by atoms with E-state index in [-0.39, 0.29) is 5.83 Å².